The Hall–Kier alpha value is -8.40. The number of fused-ring (bicyclic) bond motifs is 11. The van der Waals surface area contributed by atoms with Crippen molar-refractivity contribution in [3.05, 3.63) is 259 Å². The Kier molecular flexibility index (Phi) is 8.13. The second kappa shape index (κ2) is 14.3. The summed E-state index contributed by atoms with van der Waals surface area (Å²) in [5, 5.41) is 2.16. The van der Waals surface area contributed by atoms with Crippen LogP contribution >= 0.6 is 0 Å². The quantitative estimate of drug-likeness (QED) is 0.173. The maximum Gasteiger partial charge on any atom is 0.137 e. The third-order valence-corrected chi connectivity index (χ3v) is 13.4. The highest BCUT2D eigenvalue weighted by Gasteiger charge is 2.51. The largest absolute Gasteiger partial charge is 0.457 e. The van der Waals surface area contributed by atoms with Gasteiger partial charge < -0.3 is 14.1 Å². The van der Waals surface area contributed by atoms with Crippen molar-refractivity contribution in [2.75, 3.05) is 4.90 Å². The zero-order valence-electron chi connectivity index (χ0n) is 34.8. The first-order valence-corrected chi connectivity index (χ1v) is 21.9. The van der Waals surface area contributed by atoms with Gasteiger partial charge in [0.15, 0.2) is 0 Å². The van der Waals surface area contributed by atoms with Gasteiger partial charge in [0, 0.05) is 16.5 Å². The van der Waals surface area contributed by atoms with E-state index in [4.69, 9.17) is 9.15 Å². The van der Waals surface area contributed by atoms with Crippen LogP contribution in [0, 0.1) is 0 Å². The van der Waals surface area contributed by atoms with Gasteiger partial charge in [-0.2, -0.15) is 0 Å². The van der Waals surface area contributed by atoms with Gasteiger partial charge in [0.1, 0.15) is 22.7 Å². The summed E-state index contributed by atoms with van der Waals surface area (Å²) in [6.07, 6.45) is 0. The van der Waals surface area contributed by atoms with E-state index in [2.05, 4.69) is 235 Å². The lowest BCUT2D eigenvalue weighted by Crippen LogP contribution is -2.39. The third-order valence-electron chi connectivity index (χ3n) is 13.4. The van der Waals surface area contributed by atoms with Crippen LogP contribution in [-0.2, 0) is 5.41 Å². The Morgan fingerprint density at radius 2 is 0.766 bits per heavy atom. The number of hydrogen-bond acceptors (Lipinski definition) is 3. The number of furan rings is 1. The van der Waals surface area contributed by atoms with Gasteiger partial charge in [-0.1, -0.05) is 182 Å². The monoisotopic (exact) mass is 817 g/mol. The van der Waals surface area contributed by atoms with Crippen LogP contribution in [0.4, 0.5) is 17.1 Å². The molecule has 0 saturated carbocycles. The Morgan fingerprint density at radius 1 is 0.312 bits per heavy atom. The van der Waals surface area contributed by atoms with E-state index in [1.807, 2.05) is 6.07 Å². The maximum absolute atomic E-state index is 6.90. The van der Waals surface area contributed by atoms with Crippen molar-refractivity contribution < 1.29 is 9.15 Å². The van der Waals surface area contributed by atoms with Crippen molar-refractivity contribution in [1.82, 2.24) is 0 Å². The molecule has 0 saturated heterocycles. The van der Waals surface area contributed by atoms with Gasteiger partial charge in [-0.15, -0.1) is 0 Å². The summed E-state index contributed by atoms with van der Waals surface area (Å²) in [5.74, 6) is 1.69. The topological polar surface area (TPSA) is 25.6 Å². The van der Waals surface area contributed by atoms with Gasteiger partial charge in [-0.3, -0.25) is 0 Å². The molecule has 10 aromatic carbocycles. The van der Waals surface area contributed by atoms with E-state index >= 15 is 0 Å². The smallest absolute Gasteiger partial charge is 0.137 e. The van der Waals surface area contributed by atoms with Crippen molar-refractivity contribution in [3.63, 3.8) is 0 Å². The van der Waals surface area contributed by atoms with Crippen molar-refractivity contribution >= 4 is 39.0 Å². The fourth-order valence-corrected chi connectivity index (χ4v) is 10.7. The summed E-state index contributed by atoms with van der Waals surface area (Å²) in [4.78, 5) is 2.49. The highest BCUT2D eigenvalue weighted by atomic mass is 16.5. The van der Waals surface area contributed by atoms with E-state index in [0.29, 0.717) is 0 Å². The number of nitrogens with zero attached hydrogens (tertiary/aromatic N) is 1. The summed E-state index contributed by atoms with van der Waals surface area (Å²) >= 11 is 0. The minimum Gasteiger partial charge on any atom is -0.457 e. The van der Waals surface area contributed by atoms with Gasteiger partial charge in [0.05, 0.1) is 27.9 Å². The molecular formula is C61H39NO2. The minimum absolute atomic E-state index is 0.797. The van der Waals surface area contributed by atoms with Crippen molar-refractivity contribution in [1.29, 1.82) is 0 Å². The number of ether oxygens (including phenoxy) is 1. The van der Waals surface area contributed by atoms with E-state index < -0.39 is 5.41 Å². The van der Waals surface area contributed by atoms with Gasteiger partial charge in [-0.25, -0.2) is 0 Å². The van der Waals surface area contributed by atoms with Gasteiger partial charge in [0.25, 0.3) is 0 Å². The SMILES string of the molecule is c1ccc(-c2ccccc2-c2ccc3c(c2)C2(c4ccccc4Oc4ccccc42)c2cc(-c4ccccc4-c4ccccc4)ccc2N3c2cccc3oc4ccccc4c23)cc1. The second-order valence-corrected chi connectivity index (χ2v) is 16.7. The van der Waals surface area contributed by atoms with Gasteiger partial charge in [-0.05, 0) is 110 Å². The first-order valence-electron chi connectivity index (χ1n) is 21.9. The highest BCUT2D eigenvalue weighted by molar-refractivity contribution is 6.14. The molecule has 3 heteroatoms. The average molecular weight is 818 g/mol. The Balaban J connectivity index is 1.18. The molecule has 300 valence electrons. The molecule has 0 amide bonds. The summed E-state index contributed by atoms with van der Waals surface area (Å²) in [7, 11) is 0. The molecule has 64 heavy (non-hydrogen) atoms. The molecule has 3 heterocycles. The Morgan fingerprint density at radius 3 is 1.33 bits per heavy atom. The Labute approximate surface area is 371 Å². The standard InChI is InChI=1S/C61H39NO2/c1-3-18-40(19-4-1)44-22-7-9-24-46(44)42-34-36-53-51(38-42)61(49-27-12-15-31-57(49)64-58-32-16-13-28-50(58)61)52-39-43(47-25-10-8-23-45(47)41-20-5-2-6-21-41)35-37-54(52)62(53)55-29-17-33-59-60(55)48-26-11-14-30-56(48)63-59/h1-39H. The van der Waals surface area contributed by atoms with Crippen LogP contribution < -0.4 is 9.64 Å². The summed E-state index contributed by atoms with van der Waals surface area (Å²) < 4.78 is 13.5. The molecule has 1 aromatic heterocycles. The van der Waals surface area contributed by atoms with E-state index in [0.717, 1.165) is 72.8 Å². The van der Waals surface area contributed by atoms with Gasteiger partial charge in [0.2, 0.25) is 0 Å². The normalized spacial score (nSPS) is 13.2. The van der Waals surface area contributed by atoms with Crippen LogP contribution in [0.2, 0.25) is 0 Å². The lowest BCUT2D eigenvalue weighted by molar-refractivity contribution is 0.434. The van der Waals surface area contributed by atoms with Crippen molar-refractivity contribution in [2.24, 2.45) is 0 Å². The predicted octanol–water partition coefficient (Wildman–Crippen LogP) is 16.5. The molecule has 13 rings (SSSR count). The summed E-state index contributed by atoms with van der Waals surface area (Å²) in [6, 6.07) is 85.4. The summed E-state index contributed by atoms with van der Waals surface area (Å²) in [6.45, 7) is 0. The molecule has 0 bridgehead atoms. The molecule has 3 nitrogen and oxygen atoms in total. The van der Waals surface area contributed by atoms with E-state index in [9.17, 15) is 0 Å². The third kappa shape index (κ3) is 5.34. The van der Waals surface area contributed by atoms with Crippen LogP contribution in [-0.4, -0.2) is 0 Å². The van der Waals surface area contributed by atoms with E-state index in [1.54, 1.807) is 0 Å². The number of hydrogen-bond donors (Lipinski definition) is 0. The number of anilines is 3. The van der Waals surface area contributed by atoms with Crippen molar-refractivity contribution in [2.45, 2.75) is 5.41 Å². The van der Waals surface area contributed by atoms with E-state index in [-0.39, 0.29) is 0 Å². The minimum atomic E-state index is -0.797. The molecule has 1 spiro atoms. The molecule has 0 unspecified atom stereocenters. The zero-order valence-corrected chi connectivity index (χ0v) is 34.8. The number of para-hydroxylation sites is 3. The highest BCUT2D eigenvalue weighted by Crippen LogP contribution is 2.64. The number of rotatable bonds is 5. The van der Waals surface area contributed by atoms with E-state index in [1.165, 1.54) is 44.5 Å². The van der Waals surface area contributed by atoms with Crippen molar-refractivity contribution in [3.8, 4) is 56.0 Å². The van der Waals surface area contributed by atoms with Gasteiger partial charge >= 0.3 is 0 Å². The predicted molar refractivity (Wildman–Crippen MR) is 262 cm³/mol. The lowest BCUT2D eigenvalue weighted by atomic mass is 9.60. The van der Waals surface area contributed by atoms with Crippen LogP contribution in [0.1, 0.15) is 22.3 Å². The fourth-order valence-electron chi connectivity index (χ4n) is 10.7. The molecule has 2 aliphatic heterocycles. The van der Waals surface area contributed by atoms with Crippen LogP contribution in [0.15, 0.2) is 241 Å². The molecule has 2 aliphatic rings. The first kappa shape index (κ1) is 36.3. The molecule has 0 atom stereocenters. The number of benzene rings is 10. The zero-order chi connectivity index (χ0) is 42.2. The van der Waals surface area contributed by atoms with Crippen LogP contribution in [0.3, 0.4) is 0 Å². The average Bonchev–Trinajstić information content (AvgIpc) is 3.76. The second-order valence-electron chi connectivity index (χ2n) is 16.7. The Bertz CT molecular complexity index is 3420. The molecule has 0 aliphatic carbocycles. The maximum atomic E-state index is 6.90. The molecule has 0 fully saturated rings. The molecule has 0 N–H and O–H groups in total. The first-order chi connectivity index (χ1) is 31.8. The molecule has 11 aromatic rings. The van der Waals surface area contributed by atoms with Crippen LogP contribution in [0.5, 0.6) is 11.5 Å². The molecule has 0 radical (unpaired) electrons. The lowest BCUT2D eigenvalue weighted by Gasteiger charge is -2.49. The molecular weight excluding hydrogens is 779 g/mol. The fraction of sp³-hybridized carbons (Fsp3) is 0.0164. The van der Waals surface area contributed by atoms with Crippen LogP contribution in [0.25, 0.3) is 66.4 Å². The summed E-state index contributed by atoms with van der Waals surface area (Å²) in [5.41, 5.74) is 18.1.